The molecule has 122 valence electrons. The van der Waals surface area contributed by atoms with Crippen LogP contribution in [-0.2, 0) is 6.42 Å². The first-order valence-corrected chi connectivity index (χ1v) is 9.24. The van der Waals surface area contributed by atoms with Crippen LogP contribution in [0.3, 0.4) is 0 Å². The molecular weight excluding hydrogens is 326 g/mol. The van der Waals surface area contributed by atoms with E-state index in [-0.39, 0.29) is 0 Å². The highest BCUT2D eigenvalue weighted by molar-refractivity contribution is 7.99. The highest BCUT2D eigenvalue weighted by Gasteiger charge is 2.15. The molecule has 2 aromatic carbocycles. The normalized spacial score (nSPS) is 11.0. The van der Waals surface area contributed by atoms with Crippen LogP contribution in [0.1, 0.15) is 16.7 Å². The van der Waals surface area contributed by atoms with Gasteiger partial charge in [-0.1, -0.05) is 42.5 Å². The molecule has 0 unspecified atom stereocenters. The molecule has 2 heterocycles. The molecule has 4 heteroatoms. The van der Waals surface area contributed by atoms with Crippen molar-refractivity contribution < 1.29 is 0 Å². The molecule has 4 rings (SSSR count). The van der Waals surface area contributed by atoms with Crippen LogP contribution in [0.4, 0.5) is 0 Å². The summed E-state index contributed by atoms with van der Waals surface area (Å²) in [6, 6.07) is 23.0. The SMILES string of the molecule is Cc1cc(SCCc2ccccc2)n2c(nc3ccccc32)c1C#N. The van der Waals surface area contributed by atoms with Gasteiger partial charge >= 0.3 is 0 Å². The fraction of sp³-hybridized carbons (Fsp3) is 0.143. The zero-order valence-electron chi connectivity index (χ0n) is 13.9. The summed E-state index contributed by atoms with van der Waals surface area (Å²) >= 11 is 1.81. The zero-order chi connectivity index (χ0) is 17.2. The van der Waals surface area contributed by atoms with Gasteiger partial charge in [0, 0.05) is 5.75 Å². The van der Waals surface area contributed by atoms with E-state index >= 15 is 0 Å². The maximum absolute atomic E-state index is 9.55. The number of thioether (sulfide) groups is 1. The molecule has 2 aromatic heterocycles. The van der Waals surface area contributed by atoms with Gasteiger partial charge in [0.15, 0.2) is 5.65 Å². The quantitative estimate of drug-likeness (QED) is 0.490. The second-order valence-corrected chi connectivity index (χ2v) is 7.11. The number of aromatic nitrogens is 2. The smallest absolute Gasteiger partial charge is 0.157 e. The molecule has 3 nitrogen and oxygen atoms in total. The largest absolute Gasteiger partial charge is 0.286 e. The average molecular weight is 343 g/mol. The minimum Gasteiger partial charge on any atom is -0.286 e. The van der Waals surface area contributed by atoms with Gasteiger partial charge in [0.25, 0.3) is 0 Å². The van der Waals surface area contributed by atoms with E-state index in [2.05, 4.69) is 46.9 Å². The summed E-state index contributed by atoms with van der Waals surface area (Å²) < 4.78 is 2.12. The van der Waals surface area contributed by atoms with Gasteiger partial charge in [0.1, 0.15) is 6.07 Å². The van der Waals surface area contributed by atoms with Gasteiger partial charge in [-0.2, -0.15) is 5.26 Å². The van der Waals surface area contributed by atoms with Gasteiger partial charge < -0.3 is 0 Å². The van der Waals surface area contributed by atoms with Crippen molar-refractivity contribution >= 4 is 28.4 Å². The Morgan fingerprint density at radius 2 is 1.84 bits per heavy atom. The Bertz CT molecular complexity index is 1090. The summed E-state index contributed by atoms with van der Waals surface area (Å²) in [5, 5.41) is 10.7. The molecule has 0 aliphatic heterocycles. The molecule has 0 N–H and O–H groups in total. The van der Waals surface area contributed by atoms with E-state index in [1.165, 1.54) is 5.56 Å². The van der Waals surface area contributed by atoms with E-state index in [1.807, 2.05) is 43.0 Å². The fourth-order valence-electron chi connectivity index (χ4n) is 3.08. The Morgan fingerprint density at radius 1 is 1.08 bits per heavy atom. The molecule has 4 aromatic rings. The van der Waals surface area contributed by atoms with Gasteiger partial charge in [-0.05, 0) is 42.7 Å². The van der Waals surface area contributed by atoms with Crippen molar-refractivity contribution in [1.29, 1.82) is 5.26 Å². The van der Waals surface area contributed by atoms with Gasteiger partial charge in [0.05, 0.1) is 21.6 Å². The number of pyridine rings is 1. The molecule has 25 heavy (non-hydrogen) atoms. The molecule has 0 aliphatic carbocycles. The van der Waals surface area contributed by atoms with Crippen LogP contribution in [0.2, 0.25) is 0 Å². The molecule has 0 fully saturated rings. The Kier molecular flexibility index (Phi) is 4.17. The second kappa shape index (κ2) is 6.62. The molecule has 0 amide bonds. The Balaban J connectivity index is 1.76. The first kappa shape index (κ1) is 15.7. The topological polar surface area (TPSA) is 41.1 Å². The van der Waals surface area contributed by atoms with E-state index in [9.17, 15) is 5.26 Å². The van der Waals surface area contributed by atoms with Crippen LogP contribution in [-0.4, -0.2) is 15.1 Å². The van der Waals surface area contributed by atoms with Gasteiger partial charge in [-0.3, -0.25) is 4.40 Å². The molecule has 0 saturated heterocycles. The van der Waals surface area contributed by atoms with Crippen molar-refractivity contribution in [3.05, 3.63) is 77.4 Å². The van der Waals surface area contributed by atoms with E-state index in [0.29, 0.717) is 5.56 Å². The highest BCUT2D eigenvalue weighted by Crippen LogP contribution is 2.29. The van der Waals surface area contributed by atoms with E-state index in [0.717, 1.165) is 39.4 Å². The number of aryl methyl sites for hydroxylation is 2. The zero-order valence-corrected chi connectivity index (χ0v) is 14.8. The summed E-state index contributed by atoms with van der Waals surface area (Å²) in [6.07, 6.45) is 1.01. The predicted molar refractivity (Wildman–Crippen MR) is 103 cm³/mol. The lowest BCUT2D eigenvalue weighted by Gasteiger charge is -2.10. The van der Waals surface area contributed by atoms with E-state index < -0.39 is 0 Å². The van der Waals surface area contributed by atoms with Gasteiger partial charge in [-0.25, -0.2) is 4.98 Å². The maximum atomic E-state index is 9.55. The van der Waals surface area contributed by atoms with Crippen molar-refractivity contribution in [2.45, 2.75) is 18.4 Å². The van der Waals surface area contributed by atoms with Crippen LogP contribution >= 0.6 is 11.8 Å². The number of nitriles is 1. The Morgan fingerprint density at radius 3 is 2.64 bits per heavy atom. The summed E-state index contributed by atoms with van der Waals surface area (Å²) in [5.41, 5.74) is 5.71. The second-order valence-electron chi connectivity index (χ2n) is 6.00. The van der Waals surface area contributed by atoms with Crippen molar-refractivity contribution in [1.82, 2.24) is 9.38 Å². The molecule has 0 aliphatic rings. The Hall–Kier alpha value is -2.77. The van der Waals surface area contributed by atoms with Crippen LogP contribution in [0.5, 0.6) is 0 Å². The standard InChI is InChI=1S/C21H17N3S/c1-15-13-20(25-12-11-16-7-3-2-4-8-16)24-19-10-6-5-9-18(19)23-21(24)17(15)14-22/h2-10,13H,11-12H2,1H3. The minimum atomic E-state index is 0.656. The first-order valence-electron chi connectivity index (χ1n) is 8.25. The van der Waals surface area contributed by atoms with Crippen molar-refractivity contribution in [2.75, 3.05) is 5.75 Å². The number of para-hydroxylation sites is 2. The number of rotatable bonds is 4. The number of benzene rings is 2. The number of hydrogen-bond acceptors (Lipinski definition) is 3. The number of imidazole rings is 1. The molecule has 0 atom stereocenters. The third-order valence-corrected chi connectivity index (χ3v) is 5.34. The van der Waals surface area contributed by atoms with Crippen LogP contribution < -0.4 is 0 Å². The van der Waals surface area contributed by atoms with Crippen LogP contribution in [0, 0.1) is 18.3 Å². The number of nitrogens with zero attached hydrogens (tertiary/aromatic N) is 3. The maximum Gasteiger partial charge on any atom is 0.157 e. The monoisotopic (exact) mass is 343 g/mol. The van der Waals surface area contributed by atoms with Crippen molar-refractivity contribution in [3.8, 4) is 6.07 Å². The molecule has 0 bridgehead atoms. The minimum absolute atomic E-state index is 0.656. The van der Waals surface area contributed by atoms with E-state index in [1.54, 1.807) is 0 Å². The summed E-state index contributed by atoms with van der Waals surface area (Å²) in [6.45, 7) is 1.99. The average Bonchev–Trinajstić information content (AvgIpc) is 3.02. The van der Waals surface area contributed by atoms with Gasteiger partial charge in [0.2, 0.25) is 0 Å². The summed E-state index contributed by atoms with van der Waals surface area (Å²) in [7, 11) is 0. The van der Waals surface area contributed by atoms with Gasteiger partial charge in [-0.15, -0.1) is 11.8 Å². The third kappa shape index (κ3) is 2.88. The van der Waals surface area contributed by atoms with E-state index in [4.69, 9.17) is 4.98 Å². The molecule has 0 radical (unpaired) electrons. The van der Waals surface area contributed by atoms with Crippen molar-refractivity contribution in [2.24, 2.45) is 0 Å². The third-order valence-electron chi connectivity index (χ3n) is 4.33. The lowest BCUT2D eigenvalue weighted by Crippen LogP contribution is -1.98. The number of hydrogen-bond donors (Lipinski definition) is 0. The molecular formula is C21H17N3S. The first-order chi connectivity index (χ1) is 12.3. The van der Waals surface area contributed by atoms with Crippen molar-refractivity contribution in [3.63, 3.8) is 0 Å². The predicted octanol–water partition coefficient (Wildman–Crippen LogP) is 5.00. The lowest BCUT2D eigenvalue weighted by atomic mass is 10.2. The lowest BCUT2D eigenvalue weighted by molar-refractivity contribution is 1.03. The van der Waals surface area contributed by atoms with Crippen LogP contribution in [0.15, 0.2) is 65.7 Å². The highest BCUT2D eigenvalue weighted by atomic mass is 32.2. The summed E-state index contributed by atoms with van der Waals surface area (Å²) in [4.78, 5) is 4.70. The Labute approximate surface area is 150 Å². The fourth-order valence-corrected chi connectivity index (χ4v) is 4.20. The molecule has 0 saturated carbocycles. The number of fused-ring (bicyclic) bond motifs is 3. The molecule has 0 spiro atoms. The summed E-state index contributed by atoms with van der Waals surface area (Å²) in [5.74, 6) is 0.983. The van der Waals surface area contributed by atoms with Crippen LogP contribution in [0.25, 0.3) is 16.7 Å².